The fraction of sp³-hybridized carbons (Fsp3) is 0.548. The lowest BCUT2D eigenvalue weighted by Gasteiger charge is -2.61. The molecule has 1 spiro atoms. The van der Waals surface area contributed by atoms with E-state index in [0.29, 0.717) is 24.9 Å². The number of aliphatic hydroxyl groups excluding tert-OH is 1. The van der Waals surface area contributed by atoms with Gasteiger partial charge < -0.3 is 54.1 Å². The van der Waals surface area contributed by atoms with Crippen LogP contribution in [-0.4, -0.2) is 122 Å². The summed E-state index contributed by atoms with van der Waals surface area (Å²) >= 11 is 0. The van der Waals surface area contributed by atoms with Crippen molar-refractivity contribution in [3.8, 4) is 11.5 Å². The Morgan fingerprint density at radius 3 is 2.33 bits per heavy atom. The smallest absolute Gasteiger partial charge is 0.348 e. The maximum atomic E-state index is 13.3. The average Bonchev–Trinajstić information content (AvgIpc) is 3.36. The summed E-state index contributed by atoms with van der Waals surface area (Å²) in [5.41, 5.74) is -0.919. The van der Waals surface area contributed by atoms with E-state index in [9.17, 15) is 44.1 Å². The van der Waals surface area contributed by atoms with Gasteiger partial charge in [-0.3, -0.25) is 9.59 Å². The normalized spacial score (nSPS) is 27.5. The van der Waals surface area contributed by atoms with Gasteiger partial charge >= 0.3 is 35.8 Å². The van der Waals surface area contributed by atoms with Crippen molar-refractivity contribution in [1.29, 1.82) is 0 Å². The molecule has 0 aromatic heterocycles. The van der Waals surface area contributed by atoms with Gasteiger partial charge in [-0.25, -0.2) is 19.2 Å². The lowest BCUT2D eigenvalue weighted by molar-refractivity contribution is -0.186. The number of carbonyl (C=O) groups is 6. The van der Waals surface area contributed by atoms with Crippen LogP contribution < -0.4 is 4.74 Å². The van der Waals surface area contributed by atoms with Gasteiger partial charge in [-0.1, -0.05) is 6.07 Å². The maximum absolute atomic E-state index is 13.3. The summed E-state index contributed by atoms with van der Waals surface area (Å²) in [6, 6.07) is 2.96. The van der Waals surface area contributed by atoms with Gasteiger partial charge in [-0.15, -0.1) is 0 Å². The third-order valence-electron chi connectivity index (χ3n) is 9.32. The molecule has 260 valence electrons. The predicted octanol–water partition coefficient (Wildman–Crippen LogP) is -0.701. The van der Waals surface area contributed by atoms with E-state index in [-0.39, 0.29) is 29.7 Å². The Balaban J connectivity index is 1.34. The summed E-state index contributed by atoms with van der Waals surface area (Å²) in [6.45, 7) is 2.56. The molecule has 17 heteroatoms. The number of ether oxygens (including phenoxy) is 5. The summed E-state index contributed by atoms with van der Waals surface area (Å²) in [4.78, 5) is 75.1. The van der Waals surface area contributed by atoms with Gasteiger partial charge in [0, 0.05) is 18.0 Å². The molecule has 1 aromatic carbocycles. The quantitative estimate of drug-likeness (QED) is 0.135. The van der Waals surface area contributed by atoms with Crippen molar-refractivity contribution in [3.05, 3.63) is 35.1 Å². The largest absolute Gasteiger partial charge is 0.504 e. The minimum atomic E-state index is -2.10. The summed E-state index contributed by atoms with van der Waals surface area (Å²) in [5.74, 6) is -8.71. The highest BCUT2D eigenvalue weighted by molar-refractivity contribution is 5.88. The highest BCUT2D eigenvalue weighted by atomic mass is 16.6. The van der Waals surface area contributed by atoms with Crippen LogP contribution in [0.15, 0.2) is 24.0 Å². The van der Waals surface area contributed by atoms with E-state index in [1.807, 2.05) is 7.05 Å². The summed E-state index contributed by atoms with van der Waals surface area (Å²) in [6.07, 6.45) is -8.41. The highest BCUT2D eigenvalue weighted by Gasteiger charge is 2.72. The van der Waals surface area contributed by atoms with Crippen molar-refractivity contribution in [2.24, 2.45) is 0 Å². The average molecular weight is 678 g/mol. The molecule has 2 aliphatic heterocycles. The molecule has 5 rings (SSSR count). The molecule has 1 fully saturated rings. The van der Waals surface area contributed by atoms with E-state index < -0.39 is 90.2 Å². The SMILES string of the molecule is C[C@H](O)C(=O)O[C@@H](CC(=O)OC1=CC[C@@]2(O)[C@H]3Cc4ccc(O)c5c4[C@@]2(CCN3C)[C@H]1O5)C(=O)O[C@@H](C)C(=O)O[C@@H](CC(=O)O)C(=O)O. The number of phenolic OH excluding ortho intramolecular Hbond substituents is 1. The fourth-order valence-corrected chi connectivity index (χ4v) is 7.05. The van der Waals surface area contributed by atoms with Gasteiger partial charge in [0.25, 0.3) is 0 Å². The second kappa shape index (κ2) is 12.7. The minimum absolute atomic E-state index is 0.0134. The Kier molecular flexibility index (Phi) is 9.15. The van der Waals surface area contributed by atoms with Gasteiger partial charge in [-0.2, -0.15) is 0 Å². The first-order chi connectivity index (χ1) is 22.5. The van der Waals surface area contributed by atoms with Crippen molar-refractivity contribution in [3.63, 3.8) is 0 Å². The number of hydrogen-bond acceptors (Lipinski definition) is 15. The molecule has 17 nitrogen and oxygen atoms in total. The number of rotatable bonds is 12. The summed E-state index contributed by atoms with van der Waals surface area (Å²) in [7, 11) is 1.90. The monoisotopic (exact) mass is 677 g/mol. The number of piperidine rings is 1. The first-order valence-corrected chi connectivity index (χ1v) is 15.1. The molecule has 0 unspecified atom stereocenters. The molecule has 5 N–H and O–H groups in total. The third kappa shape index (κ3) is 5.81. The van der Waals surface area contributed by atoms with E-state index in [1.54, 1.807) is 6.07 Å². The molecule has 0 radical (unpaired) electrons. The van der Waals surface area contributed by atoms with Gasteiger partial charge in [0.1, 0.15) is 11.9 Å². The highest BCUT2D eigenvalue weighted by Crippen LogP contribution is 2.65. The second-order valence-electron chi connectivity index (χ2n) is 12.3. The van der Waals surface area contributed by atoms with Crippen LogP contribution in [0, 0.1) is 0 Å². The molecule has 0 amide bonds. The number of likely N-dealkylation sites (tertiary alicyclic amines) is 1. The molecule has 0 saturated carbocycles. The van der Waals surface area contributed by atoms with Crippen LogP contribution in [0.3, 0.4) is 0 Å². The fourth-order valence-electron chi connectivity index (χ4n) is 7.05. The maximum Gasteiger partial charge on any atom is 0.348 e. The zero-order valence-corrected chi connectivity index (χ0v) is 26.1. The number of benzene rings is 1. The molecule has 4 aliphatic rings. The number of aliphatic hydroxyl groups is 2. The van der Waals surface area contributed by atoms with E-state index in [0.717, 1.165) is 19.4 Å². The van der Waals surface area contributed by atoms with Crippen LogP contribution in [-0.2, 0) is 59.6 Å². The van der Waals surface area contributed by atoms with E-state index >= 15 is 0 Å². The number of hydrogen-bond donors (Lipinski definition) is 5. The molecular weight excluding hydrogens is 642 g/mol. The minimum Gasteiger partial charge on any atom is -0.504 e. The second-order valence-corrected chi connectivity index (χ2v) is 12.3. The van der Waals surface area contributed by atoms with Crippen LogP contribution >= 0.6 is 0 Å². The Morgan fingerprint density at radius 2 is 1.69 bits per heavy atom. The third-order valence-corrected chi connectivity index (χ3v) is 9.32. The zero-order valence-electron chi connectivity index (χ0n) is 26.1. The molecule has 2 heterocycles. The molecule has 2 aliphatic carbocycles. The Hall–Kier alpha value is -4.74. The van der Waals surface area contributed by atoms with Gasteiger partial charge in [0.2, 0.25) is 12.2 Å². The Bertz CT molecular complexity index is 1590. The number of phenols is 1. The van der Waals surface area contributed by atoms with Crippen molar-refractivity contribution in [2.75, 3.05) is 13.6 Å². The number of aromatic hydroxyl groups is 1. The van der Waals surface area contributed by atoms with E-state index in [4.69, 9.17) is 29.2 Å². The molecule has 8 atom stereocenters. The van der Waals surface area contributed by atoms with Crippen molar-refractivity contribution in [1.82, 2.24) is 4.90 Å². The lowest BCUT2D eigenvalue weighted by atomic mass is 9.50. The van der Waals surface area contributed by atoms with Gasteiger partial charge in [0.15, 0.2) is 23.7 Å². The molecule has 2 bridgehead atoms. The zero-order chi connectivity index (χ0) is 35.3. The van der Waals surface area contributed by atoms with E-state index in [2.05, 4.69) is 9.64 Å². The topological polar surface area (TPSA) is 253 Å². The van der Waals surface area contributed by atoms with Crippen LogP contribution in [0.1, 0.15) is 50.7 Å². The number of esters is 4. The van der Waals surface area contributed by atoms with E-state index in [1.165, 1.54) is 12.1 Å². The number of carboxylic acid groups (broad SMARTS) is 2. The van der Waals surface area contributed by atoms with Gasteiger partial charge in [0.05, 0.1) is 23.9 Å². The number of aliphatic carboxylic acids is 2. The summed E-state index contributed by atoms with van der Waals surface area (Å²) < 4.78 is 26.4. The summed E-state index contributed by atoms with van der Waals surface area (Å²) in [5, 5.41) is 50.5. The molecule has 48 heavy (non-hydrogen) atoms. The molecular formula is C31H35NO16. The molecule has 1 aromatic rings. The number of carboxylic acids is 2. The van der Waals surface area contributed by atoms with Crippen molar-refractivity contribution in [2.45, 2.75) is 93.5 Å². The number of likely N-dealkylation sites (N-methyl/N-ethyl adjacent to an activating group) is 1. The van der Waals surface area contributed by atoms with Crippen LogP contribution in [0.2, 0.25) is 0 Å². The first kappa shape index (κ1) is 34.6. The first-order valence-electron chi connectivity index (χ1n) is 15.1. The standard InChI is InChI=1S/C31H35NO16/c1-13(33)27(40)47-19(29(42)44-14(2)28(41)46-18(26(38)39)11-21(35)36)12-22(37)45-17-6-7-31(43)20-10-15-4-5-16(34)24-23(15)30(31,25(17)48-24)8-9-32(20)3/h4-6,13-14,18-20,25,33-34,43H,7-12H2,1-3H3,(H,35,36)(H,38,39)/t13-,14-,18-,19-,20+,25-,30-,31+/m0/s1. The molecule has 1 saturated heterocycles. The predicted molar refractivity (Wildman–Crippen MR) is 154 cm³/mol. The Labute approximate surface area is 272 Å². The number of carbonyl (C=O) groups excluding carboxylic acids is 4. The van der Waals surface area contributed by atoms with Crippen LogP contribution in [0.5, 0.6) is 11.5 Å². The van der Waals surface area contributed by atoms with Crippen LogP contribution in [0.25, 0.3) is 0 Å². The number of nitrogens with zero attached hydrogens (tertiary/aromatic N) is 1. The van der Waals surface area contributed by atoms with Crippen LogP contribution in [0.4, 0.5) is 0 Å². The van der Waals surface area contributed by atoms with Crippen molar-refractivity contribution < 1.29 is 78.0 Å². The van der Waals surface area contributed by atoms with Crippen molar-refractivity contribution >= 4 is 35.8 Å². The van der Waals surface area contributed by atoms with Gasteiger partial charge in [-0.05, 0) is 58.0 Å². The Morgan fingerprint density at radius 1 is 1.00 bits per heavy atom. The lowest BCUT2D eigenvalue weighted by Crippen LogP contribution is -2.74.